The molecule has 2 aromatic rings. The number of rotatable bonds is 3. The van der Waals surface area contributed by atoms with Gasteiger partial charge in [0.2, 0.25) is 5.95 Å². The summed E-state index contributed by atoms with van der Waals surface area (Å²) in [6, 6.07) is 1.69. The Balaban J connectivity index is 2.15. The van der Waals surface area contributed by atoms with Crippen molar-refractivity contribution < 1.29 is 0 Å². The second-order valence-corrected chi connectivity index (χ2v) is 4.90. The van der Waals surface area contributed by atoms with E-state index in [9.17, 15) is 0 Å². The molecular weight excluding hydrogens is 258 g/mol. The van der Waals surface area contributed by atoms with Gasteiger partial charge in [-0.1, -0.05) is 11.6 Å². The van der Waals surface area contributed by atoms with Gasteiger partial charge in [0.1, 0.15) is 16.0 Å². The lowest BCUT2D eigenvalue weighted by Gasteiger charge is -2.12. The van der Waals surface area contributed by atoms with Crippen molar-refractivity contribution in [1.29, 1.82) is 0 Å². The molecule has 2 heterocycles. The van der Waals surface area contributed by atoms with Gasteiger partial charge in [-0.2, -0.15) is 4.98 Å². The molecule has 0 saturated heterocycles. The van der Waals surface area contributed by atoms with Crippen molar-refractivity contribution in [1.82, 2.24) is 15.0 Å². The first-order valence-corrected chi connectivity index (χ1v) is 6.29. The zero-order valence-corrected chi connectivity index (χ0v) is 11.0. The third-order valence-electron chi connectivity index (χ3n) is 2.08. The van der Waals surface area contributed by atoms with Crippen LogP contribution in [0.15, 0.2) is 11.4 Å². The molecule has 90 valence electrons. The minimum Gasteiger partial charge on any atom is -0.368 e. The molecule has 0 aromatic carbocycles. The number of hydrogen-bond acceptors (Lipinski definition) is 6. The van der Waals surface area contributed by atoms with Gasteiger partial charge in [-0.15, -0.1) is 11.3 Å². The lowest BCUT2D eigenvalue weighted by atomic mass is 10.3. The first kappa shape index (κ1) is 12.1. The number of nitrogen functional groups attached to an aromatic ring is 1. The maximum absolute atomic E-state index is 5.80. The highest BCUT2D eigenvalue weighted by molar-refractivity contribution is 7.09. The highest BCUT2D eigenvalue weighted by Crippen LogP contribution is 2.22. The van der Waals surface area contributed by atoms with Gasteiger partial charge in [0, 0.05) is 17.1 Å². The number of nitrogens with one attached hydrogen (secondary N) is 1. The van der Waals surface area contributed by atoms with Crippen molar-refractivity contribution in [2.45, 2.75) is 19.9 Å². The first-order valence-electron chi connectivity index (χ1n) is 5.03. The Morgan fingerprint density at radius 1 is 1.41 bits per heavy atom. The number of nitrogens with two attached hydrogens (primary N) is 1. The molecule has 1 unspecified atom stereocenters. The SMILES string of the molecule is Cc1csc(C(C)Nc2cc(Cl)nc(N)n2)n1. The Bertz CT molecular complexity index is 507. The van der Waals surface area contributed by atoms with Gasteiger partial charge in [0.05, 0.1) is 6.04 Å². The van der Waals surface area contributed by atoms with E-state index in [-0.39, 0.29) is 12.0 Å². The average molecular weight is 270 g/mol. The maximum Gasteiger partial charge on any atom is 0.223 e. The van der Waals surface area contributed by atoms with E-state index < -0.39 is 0 Å². The van der Waals surface area contributed by atoms with E-state index in [0.717, 1.165) is 10.7 Å². The number of hydrogen-bond donors (Lipinski definition) is 2. The van der Waals surface area contributed by atoms with Crippen molar-refractivity contribution >= 4 is 34.7 Å². The monoisotopic (exact) mass is 269 g/mol. The van der Waals surface area contributed by atoms with E-state index in [1.807, 2.05) is 19.2 Å². The van der Waals surface area contributed by atoms with Crippen LogP contribution in [0, 0.1) is 6.92 Å². The number of anilines is 2. The van der Waals surface area contributed by atoms with Gasteiger partial charge < -0.3 is 11.1 Å². The van der Waals surface area contributed by atoms with E-state index in [2.05, 4.69) is 20.3 Å². The van der Waals surface area contributed by atoms with E-state index in [4.69, 9.17) is 17.3 Å². The molecular formula is C10H12ClN5S. The quantitative estimate of drug-likeness (QED) is 0.838. The molecule has 0 fully saturated rings. The van der Waals surface area contributed by atoms with Crippen molar-refractivity contribution in [3.8, 4) is 0 Å². The molecule has 17 heavy (non-hydrogen) atoms. The average Bonchev–Trinajstić information content (AvgIpc) is 2.63. The zero-order valence-electron chi connectivity index (χ0n) is 9.44. The molecule has 1 atom stereocenters. The van der Waals surface area contributed by atoms with Crippen molar-refractivity contribution in [3.05, 3.63) is 27.3 Å². The fraction of sp³-hybridized carbons (Fsp3) is 0.300. The summed E-state index contributed by atoms with van der Waals surface area (Å²) in [5.41, 5.74) is 6.53. The standard InChI is InChI=1S/C10H12ClN5S/c1-5-4-17-9(13-5)6(2)14-8-3-7(11)15-10(12)16-8/h3-4,6H,1-2H3,(H3,12,14,15,16). The van der Waals surface area contributed by atoms with Gasteiger partial charge in [-0.05, 0) is 13.8 Å². The normalized spacial score (nSPS) is 12.4. The lowest BCUT2D eigenvalue weighted by Crippen LogP contribution is -2.09. The Kier molecular flexibility index (Phi) is 3.44. The number of halogens is 1. The van der Waals surface area contributed by atoms with Crippen LogP contribution in [-0.4, -0.2) is 15.0 Å². The third-order valence-corrected chi connectivity index (χ3v) is 3.42. The molecule has 0 aliphatic carbocycles. The van der Waals surface area contributed by atoms with Crippen LogP contribution in [0.25, 0.3) is 0 Å². The van der Waals surface area contributed by atoms with Gasteiger partial charge >= 0.3 is 0 Å². The van der Waals surface area contributed by atoms with Crippen molar-refractivity contribution in [3.63, 3.8) is 0 Å². The minimum atomic E-state index is 0.0547. The van der Waals surface area contributed by atoms with E-state index in [0.29, 0.717) is 11.0 Å². The van der Waals surface area contributed by atoms with Crippen LogP contribution < -0.4 is 11.1 Å². The summed E-state index contributed by atoms with van der Waals surface area (Å²) in [7, 11) is 0. The highest BCUT2D eigenvalue weighted by atomic mass is 35.5. The minimum absolute atomic E-state index is 0.0547. The van der Waals surface area contributed by atoms with E-state index in [1.165, 1.54) is 0 Å². The fourth-order valence-corrected chi connectivity index (χ4v) is 2.36. The second-order valence-electron chi connectivity index (χ2n) is 3.63. The third kappa shape index (κ3) is 3.04. The van der Waals surface area contributed by atoms with E-state index >= 15 is 0 Å². The second kappa shape index (κ2) is 4.85. The smallest absolute Gasteiger partial charge is 0.223 e. The summed E-state index contributed by atoms with van der Waals surface area (Å²) in [4.78, 5) is 12.3. The van der Waals surface area contributed by atoms with Crippen LogP contribution in [0.1, 0.15) is 23.7 Å². The van der Waals surface area contributed by atoms with Crippen LogP contribution in [0.5, 0.6) is 0 Å². The molecule has 0 saturated carbocycles. The number of thiazole rings is 1. The van der Waals surface area contributed by atoms with Crippen LogP contribution in [0.3, 0.4) is 0 Å². The zero-order chi connectivity index (χ0) is 12.4. The topological polar surface area (TPSA) is 76.7 Å². The van der Waals surface area contributed by atoms with Crippen LogP contribution in [0.4, 0.5) is 11.8 Å². The maximum atomic E-state index is 5.80. The molecule has 0 aliphatic heterocycles. The predicted molar refractivity (Wildman–Crippen MR) is 70.3 cm³/mol. The molecule has 0 radical (unpaired) electrons. The molecule has 2 rings (SSSR count). The summed E-state index contributed by atoms with van der Waals surface area (Å²) in [6.07, 6.45) is 0. The molecule has 0 amide bonds. The molecule has 0 bridgehead atoms. The summed E-state index contributed by atoms with van der Waals surface area (Å²) < 4.78 is 0. The number of nitrogens with zero attached hydrogens (tertiary/aromatic N) is 3. The lowest BCUT2D eigenvalue weighted by molar-refractivity contribution is 0.854. The largest absolute Gasteiger partial charge is 0.368 e. The molecule has 7 heteroatoms. The predicted octanol–water partition coefficient (Wildman–Crippen LogP) is 2.65. The van der Waals surface area contributed by atoms with Gasteiger partial charge in [0.15, 0.2) is 0 Å². The number of aromatic nitrogens is 3. The summed E-state index contributed by atoms with van der Waals surface area (Å²) in [5, 5.41) is 6.51. The molecule has 3 N–H and O–H groups in total. The van der Waals surface area contributed by atoms with Gasteiger partial charge in [0.25, 0.3) is 0 Å². The molecule has 0 spiro atoms. The Morgan fingerprint density at radius 3 is 2.76 bits per heavy atom. The van der Waals surface area contributed by atoms with E-state index in [1.54, 1.807) is 17.4 Å². The summed E-state index contributed by atoms with van der Waals surface area (Å²) in [6.45, 7) is 3.97. The van der Waals surface area contributed by atoms with Gasteiger partial charge in [-0.25, -0.2) is 9.97 Å². The van der Waals surface area contributed by atoms with Crippen molar-refractivity contribution in [2.75, 3.05) is 11.1 Å². The van der Waals surface area contributed by atoms with Crippen molar-refractivity contribution in [2.24, 2.45) is 0 Å². The molecule has 0 aliphatic rings. The molecule has 2 aromatic heterocycles. The van der Waals surface area contributed by atoms with Crippen LogP contribution in [-0.2, 0) is 0 Å². The van der Waals surface area contributed by atoms with Crippen LogP contribution >= 0.6 is 22.9 Å². The van der Waals surface area contributed by atoms with Crippen LogP contribution in [0.2, 0.25) is 5.15 Å². The van der Waals surface area contributed by atoms with Gasteiger partial charge in [-0.3, -0.25) is 0 Å². The summed E-state index contributed by atoms with van der Waals surface area (Å²) >= 11 is 7.40. The molecule has 5 nitrogen and oxygen atoms in total. The Hall–Kier alpha value is -1.40. The number of aryl methyl sites for hydroxylation is 1. The highest BCUT2D eigenvalue weighted by Gasteiger charge is 2.10. The fourth-order valence-electron chi connectivity index (χ4n) is 1.36. The Morgan fingerprint density at radius 2 is 2.18 bits per heavy atom. The Labute approximate surface area is 108 Å². The first-order chi connectivity index (χ1) is 8.04. The summed E-state index contributed by atoms with van der Waals surface area (Å²) in [5.74, 6) is 0.755.